The van der Waals surface area contributed by atoms with Crippen molar-refractivity contribution in [3.8, 4) is 5.69 Å². The zero-order chi connectivity index (χ0) is 19.4. The van der Waals surface area contributed by atoms with Gasteiger partial charge in [-0.15, -0.1) is 0 Å². The molecule has 0 spiro atoms. The number of hydrogen-bond acceptors (Lipinski definition) is 3. The van der Waals surface area contributed by atoms with E-state index in [0.29, 0.717) is 12.1 Å². The molecule has 6 rings (SSSR count). The Labute approximate surface area is 161 Å². The zero-order valence-electron chi connectivity index (χ0n) is 15.4. The van der Waals surface area contributed by atoms with Crippen LogP contribution >= 0.6 is 0 Å². The van der Waals surface area contributed by atoms with Gasteiger partial charge in [-0.25, -0.2) is 23.5 Å². The molecule has 28 heavy (non-hydrogen) atoms. The van der Waals surface area contributed by atoms with Crippen LogP contribution in [0.2, 0.25) is 0 Å². The van der Waals surface area contributed by atoms with Crippen LogP contribution in [0.3, 0.4) is 0 Å². The molecule has 2 bridgehead atoms. The third kappa shape index (κ3) is 2.19. The van der Waals surface area contributed by atoms with E-state index < -0.39 is 11.9 Å². The summed E-state index contributed by atoms with van der Waals surface area (Å²) < 4.78 is 4.25. The van der Waals surface area contributed by atoms with Crippen LogP contribution in [-0.2, 0) is 4.79 Å². The fourth-order valence-electron chi connectivity index (χ4n) is 4.76. The van der Waals surface area contributed by atoms with E-state index in [2.05, 4.69) is 0 Å². The first-order valence-corrected chi connectivity index (χ1v) is 9.45. The maximum atomic E-state index is 13.3. The molecule has 0 radical (unpaired) electrons. The van der Waals surface area contributed by atoms with Crippen molar-refractivity contribution in [3.63, 3.8) is 0 Å². The Morgan fingerprint density at radius 1 is 0.857 bits per heavy atom. The van der Waals surface area contributed by atoms with Crippen LogP contribution in [0.15, 0.2) is 70.3 Å². The molecule has 0 aliphatic carbocycles. The summed E-state index contributed by atoms with van der Waals surface area (Å²) in [6.45, 7) is 1.53. The minimum atomic E-state index is -0.460. The number of amides is 1. The lowest BCUT2D eigenvalue weighted by Gasteiger charge is -2.51. The van der Waals surface area contributed by atoms with Gasteiger partial charge in [0, 0.05) is 6.92 Å². The van der Waals surface area contributed by atoms with E-state index in [1.807, 2.05) is 36.4 Å². The number of para-hydroxylation sites is 1. The highest BCUT2D eigenvalue weighted by atomic mass is 16.2. The molecule has 1 amide bonds. The summed E-state index contributed by atoms with van der Waals surface area (Å²) in [4.78, 5) is 40.8. The van der Waals surface area contributed by atoms with E-state index in [4.69, 9.17) is 0 Å². The molecule has 1 aromatic heterocycles. The highest BCUT2D eigenvalue weighted by Crippen LogP contribution is 2.48. The Bertz CT molecular complexity index is 1160. The van der Waals surface area contributed by atoms with Gasteiger partial charge in [-0.3, -0.25) is 4.79 Å². The summed E-state index contributed by atoms with van der Waals surface area (Å²) >= 11 is 0. The molecule has 0 saturated carbocycles. The number of rotatable bonds is 2. The number of benzene rings is 2. The number of fused-ring (bicyclic) bond motifs is 2. The largest absolute Gasteiger partial charge is 0.353 e. The summed E-state index contributed by atoms with van der Waals surface area (Å²) in [5, 5.41) is 0. The Balaban J connectivity index is 1.77. The number of aromatic nitrogens is 3. The minimum Gasteiger partial charge on any atom is -0.311 e. The number of piperidine rings is 1. The standard InChI is InChI=1S/C21H20N4O3/c1-14(26)22-18-13-12-17(19(22)15-8-4-2-5-9-15)24-20(27)23(21(28)25(18)24)16-10-6-3-7-11-16/h2-11,17-19H,12-13H2,1H3. The average molecular weight is 376 g/mol. The van der Waals surface area contributed by atoms with Crippen molar-refractivity contribution < 1.29 is 4.79 Å². The van der Waals surface area contributed by atoms with Gasteiger partial charge >= 0.3 is 11.4 Å². The Kier molecular flexibility index (Phi) is 3.65. The van der Waals surface area contributed by atoms with Gasteiger partial charge in [-0.05, 0) is 30.5 Å². The first-order chi connectivity index (χ1) is 13.6. The second-order valence-corrected chi connectivity index (χ2v) is 7.33. The van der Waals surface area contributed by atoms with Crippen molar-refractivity contribution >= 4 is 5.91 Å². The van der Waals surface area contributed by atoms with Gasteiger partial charge in [0.1, 0.15) is 6.17 Å². The van der Waals surface area contributed by atoms with Gasteiger partial charge in [0.15, 0.2) is 0 Å². The van der Waals surface area contributed by atoms with Crippen LogP contribution in [0.25, 0.3) is 5.69 Å². The van der Waals surface area contributed by atoms with E-state index in [0.717, 1.165) is 12.0 Å². The molecule has 7 nitrogen and oxygen atoms in total. The molecule has 3 aliphatic heterocycles. The molecule has 3 atom stereocenters. The Morgan fingerprint density at radius 3 is 2.11 bits per heavy atom. The van der Waals surface area contributed by atoms with Crippen molar-refractivity contribution in [2.45, 2.75) is 38.0 Å². The van der Waals surface area contributed by atoms with Gasteiger partial charge in [0.2, 0.25) is 5.91 Å². The molecule has 3 aliphatic rings. The van der Waals surface area contributed by atoms with Crippen molar-refractivity contribution in [2.24, 2.45) is 0 Å². The SMILES string of the molecule is CC(=O)N1C(c2ccccc2)C2CCC1n1c(=O)n(-c3ccccc3)c(=O)n12. The van der Waals surface area contributed by atoms with Crippen molar-refractivity contribution in [2.75, 3.05) is 0 Å². The van der Waals surface area contributed by atoms with Crippen molar-refractivity contribution in [1.29, 1.82) is 0 Å². The molecule has 3 aromatic rings. The summed E-state index contributed by atoms with van der Waals surface area (Å²) in [5.41, 5.74) is 0.765. The fraction of sp³-hybridized carbons (Fsp3) is 0.286. The molecular weight excluding hydrogens is 356 g/mol. The first kappa shape index (κ1) is 16.8. The highest BCUT2D eigenvalue weighted by molar-refractivity contribution is 5.74. The van der Waals surface area contributed by atoms with E-state index >= 15 is 0 Å². The Hall–Kier alpha value is -3.35. The number of hydrogen-bond donors (Lipinski definition) is 0. The molecule has 2 aromatic carbocycles. The first-order valence-electron chi connectivity index (χ1n) is 9.45. The van der Waals surface area contributed by atoms with Crippen LogP contribution < -0.4 is 11.4 Å². The lowest BCUT2D eigenvalue weighted by molar-refractivity contribution is -0.149. The highest BCUT2D eigenvalue weighted by Gasteiger charge is 2.49. The molecule has 7 heteroatoms. The summed E-state index contributed by atoms with van der Waals surface area (Å²) in [7, 11) is 0. The quantitative estimate of drug-likeness (QED) is 0.689. The van der Waals surface area contributed by atoms with Crippen LogP contribution in [0.5, 0.6) is 0 Å². The van der Waals surface area contributed by atoms with Crippen molar-refractivity contribution in [3.05, 3.63) is 87.2 Å². The number of nitrogens with zero attached hydrogens (tertiary/aromatic N) is 4. The molecule has 4 heterocycles. The molecular formula is C21H20N4O3. The van der Waals surface area contributed by atoms with Crippen molar-refractivity contribution in [1.82, 2.24) is 18.8 Å². The average Bonchev–Trinajstić information content (AvgIpc) is 3.01. The molecule has 1 saturated heterocycles. The molecule has 0 N–H and O–H groups in total. The predicted molar refractivity (Wildman–Crippen MR) is 103 cm³/mol. The van der Waals surface area contributed by atoms with Gasteiger partial charge in [-0.2, -0.15) is 0 Å². The summed E-state index contributed by atoms with van der Waals surface area (Å²) in [6, 6.07) is 18.1. The Morgan fingerprint density at radius 2 is 1.46 bits per heavy atom. The minimum absolute atomic E-state index is 0.0957. The van der Waals surface area contributed by atoms with E-state index in [9.17, 15) is 14.4 Å². The van der Waals surface area contributed by atoms with Gasteiger partial charge < -0.3 is 4.90 Å². The normalized spacial score (nSPS) is 22.9. The lowest BCUT2D eigenvalue weighted by atomic mass is 9.87. The van der Waals surface area contributed by atoms with Gasteiger partial charge in [-0.1, -0.05) is 48.5 Å². The molecule has 3 unspecified atom stereocenters. The third-order valence-electron chi connectivity index (χ3n) is 5.83. The predicted octanol–water partition coefficient (Wildman–Crippen LogP) is 2.24. The second kappa shape index (κ2) is 6.09. The fourth-order valence-corrected chi connectivity index (χ4v) is 4.76. The van der Waals surface area contributed by atoms with Crippen LogP contribution in [0.4, 0.5) is 0 Å². The van der Waals surface area contributed by atoms with Crippen LogP contribution in [0.1, 0.15) is 43.6 Å². The smallest absolute Gasteiger partial charge is 0.311 e. The second-order valence-electron chi connectivity index (χ2n) is 7.33. The topological polar surface area (TPSA) is 69.2 Å². The van der Waals surface area contributed by atoms with E-state index in [-0.39, 0.29) is 23.7 Å². The van der Waals surface area contributed by atoms with E-state index in [1.165, 1.54) is 16.2 Å². The molecule has 1 fully saturated rings. The van der Waals surface area contributed by atoms with Gasteiger partial charge in [0.25, 0.3) is 0 Å². The third-order valence-corrected chi connectivity index (χ3v) is 5.83. The maximum absolute atomic E-state index is 13.3. The summed E-state index contributed by atoms with van der Waals surface area (Å²) in [5.74, 6) is -0.0957. The number of carbonyl (C=O) groups excluding carboxylic acids is 1. The zero-order valence-corrected chi connectivity index (χ0v) is 15.4. The maximum Gasteiger partial charge on any atom is 0.353 e. The lowest BCUT2D eigenvalue weighted by Crippen LogP contribution is -2.56. The van der Waals surface area contributed by atoms with Crippen LogP contribution in [0, 0.1) is 0 Å². The monoisotopic (exact) mass is 376 g/mol. The van der Waals surface area contributed by atoms with E-state index in [1.54, 1.807) is 33.8 Å². The summed E-state index contributed by atoms with van der Waals surface area (Å²) in [6.07, 6.45) is 0.940. The number of carbonyl (C=O) groups is 1. The van der Waals surface area contributed by atoms with Gasteiger partial charge in [0.05, 0.1) is 17.8 Å². The molecule has 142 valence electrons. The van der Waals surface area contributed by atoms with Crippen LogP contribution in [-0.4, -0.2) is 24.7 Å².